The molecule has 1 N–H and O–H groups in total. The molecule has 62 valence electrons. The number of amides is 1. The Morgan fingerprint density at radius 3 is 2.00 bits per heavy atom. The zero-order chi connectivity index (χ0) is 8.57. The lowest BCUT2D eigenvalue weighted by Gasteiger charge is -2.07. The van der Waals surface area contributed by atoms with E-state index >= 15 is 0 Å². The van der Waals surface area contributed by atoms with Crippen LogP contribution < -0.4 is 0 Å². The second-order valence-corrected chi connectivity index (χ2v) is 1.59. The maximum atomic E-state index is 10.4. The normalized spacial score (nSPS) is 7.30. The van der Waals surface area contributed by atoms with Gasteiger partial charge in [-0.25, -0.2) is 4.79 Å². The van der Waals surface area contributed by atoms with Crippen molar-refractivity contribution in [3.8, 4) is 0 Å². The third-order valence-electron chi connectivity index (χ3n) is 0.633. The summed E-state index contributed by atoms with van der Waals surface area (Å²) in [5.41, 5.74) is 0. The Kier molecular flexibility index (Phi) is 9.84. The number of hydrogen-bond acceptors (Lipinski definition) is 3. The topological polar surface area (TPSA) is 49.8 Å². The molecule has 4 nitrogen and oxygen atoms in total. The summed E-state index contributed by atoms with van der Waals surface area (Å²) in [5.74, 6) is 0. The molecule has 0 aliphatic carbocycles. The average Bonchev–Trinajstić information content (AvgIpc) is 1.93. The maximum absolute atomic E-state index is 10.4. The number of carbonyl (C=O) groups is 1. The van der Waals surface area contributed by atoms with Crippen molar-refractivity contribution in [3.05, 3.63) is 0 Å². The summed E-state index contributed by atoms with van der Waals surface area (Å²) in [6.45, 7) is 2.22. The predicted octanol–water partition coefficient (Wildman–Crippen LogP) is 0.313. The molecule has 0 atom stereocenters. The molecule has 10 heavy (non-hydrogen) atoms. The van der Waals surface area contributed by atoms with Crippen LogP contribution in [0.1, 0.15) is 6.92 Å². The Hall–Kier alpha value is -0.770. The van der Waals surface area contributed by atoms with E-state index in [2.05, 4.69) is 4.74 Å². The molecular weight excluding hydrogens is 134 g/mol. The zero-order valence-electron chi connectivity index (χ0n) is 6.92. The van der Waals surface area contributed by atoms with E-state index in [0.717, 1.165) is 7.11 Å². The lowest BCUT2D eigenvalue weighted by atomic mass is 10.8. The first-order chi connectivity index (χ1) is 4.68. The van der Waals surface area contributed by atoms with Gasteiger partial charge in [-0.2, -0.15) is 0 Å². The SMILES string of the molecule is CCOC(=O)N(C)C.CO. The van der Waals surface area contributed by atoms with Crippen LogP contribution in [0.3, 0.4) is 0 Å². The Morgan fingerprint density at radius 2 is 1.90 bits per heavy atom. The summed E-state index contributed by atoms with van der Waals surface area (Å²) in [4.78, 5) is 11.8. The molecule has 0 aliphatic heterocycles. The van der Waals surface area contributed by atoms with Crippen LogP contribution in [-0.2, 0) is 4.74 Å². The number of hydrogen-bond donors (Lipinski definition) is 1. The Bertz CT molecular complexity index is 83.1. The summed E-state index contributed by atoms with van der Waals surface area (Å²) in [6.07, 6.45) is -0.285. The highest BCUT2D eigenvalue weighted by Crippen LogP contribution is 1.82. The molecule has 0 aliphatic rings. The van der Waals surface area contributed by atoms with E-state index in [1.54, 1.807) is 21.0 Å². The molecule has 0 radical (unpaired) electrons. The zero-order valence-corrected chi connectivity index (χ0v) is 6.92. The summed E-state index contributed by atoms with van der Waals surface area (Å²) >= 11 is 0. The highest BCUT2D eigenvalue weighted by Gasteiger charge is 1.99. The Labute approximate surface area is 61.4 Å². The number of ether oxygens (including phenoxy) is 1. The summed E-state index contributed by atoms with van der Waals surface area (Å²) in [5, 5.41) is 7.00. The van der Waals surface area contributed by atoms with Crippen molar-refractivity contribution in [2.24, 2.45) is 0 Å². The summed E-state index contributed by atoms with van der Waals surface area (Å²) < 4.78 is 4.59. The molecule has 0 unspecified atom stereocenters. The van der Waals surface area contributed by atoms with Gasteiger partial charge in [0.25, 0.3) is 0 Å². The largest absolute Gasteiger partial charge is 0.450 e. The van der Waals surface area contributed by atoms with Crippen LogP contribution in [0.2, 0.25) is 0 Å². The van der Waals surface area contributed by atoms with E-state index < -0.39 is 0 Å². The van der Waals surface area contributed by atoms with Gasteiger partial charge in [0, 0.05) is 21.2 Å². The van der Waals surface area contributed by atoms with Crippen LogP contribution in [0.4, 0.5) is 4.79 Å². The van der Waals surface area contributed by atoms with Crippen molar-refractivity contribution in [3.63, 3.8) is 0 Å². The van der Waals surface area contributed by atoms with Gasteiger partial charge in [-0.05, 0) is 6.92 Å². The Balaban J connectivity index is 0. The molecule has 0 fully saturated rings. The third-order valence-corrected chi connectivity index (χ3v) is 0.633. The van der Waals surface area contributed by atoms with Gasteiger partial charge in [-0.1, -0.05) is 0 Å². The molecule has 0 aromatic rings. The van der Waals surface area contributed by atoms with Crippen molar-refractivity contribution >= 4 is 6.09 Å². The van der Waals surface area contributed by atoms with Crippen LogP contribution >= 0.6 is 0 Å². The van der Waals surface area contributed by atoms with Gasteiger partial charge in [0.05, 0.1) is 6.61 Å². The van der Waals surface area contributed by atoms with Crippen LogP contribution in [0, 0.1) is 0 Å². The van der Waals surface area contributed by atoms with Crippen LogP contribution in [0.5, 0.6) is 0 Å². The Morgan fingerprint density at radius 1 is 1.50 bits per heavy atom. The lowest BCUT2D eigenvalue weighted by Crippen LogP contribution is -2.22. The minimum Gasteiger partial charge on any atom is -0.450 e. The van der Waals surface area contributed by atoms with E-state index in [1.165, 1.54) is 4.90 Å². The van der Waals surface area contributed by atoms with Crippen LogP contribution in [0.25, 0.3) is 0 Å². The fourth-order valence-electron chi connectivity index (χ4n) is 0.253. The number of aliphatic hydroxyl groups is 1. The maximum Gasteiger partial charge on any atom is 0.409 e. The highest BCUT2D eigenvalue weighted by atomic mass is 16.5. The number of rotatable bonds is 1. The van der Waals surface area contributed by atoms with Gasteiger partial charge in [-0.15, -0.1) is 0 Å². The van der Waals surface area contributed by atoms with Gasteiger partial charge in [0.1, 0.15) is 0 Å². The van der Waals surface area contributed by atoms with E-state index in [1.807, 2.05) is 0 Å². The van der Waals surface area contributed by atoms with Crippen LogP contribution in [0.15, 0.2) is 0 Å². The standard InChI is InChI=1S/C5H11NO2.CH4O/c1-4-8-5(7)6(2)3;1-2/h4H2,1-3H3;2H,1H3. The molecule has 0 saturated heterocycles. The van der Waals surface area contributed by atoms with Crippen molar-refractivity contribution < 1.29 is 14.6 Å². The highest BCUT2D eigenvalue weighted by molar-refractivity contribution is 5.66. The smallest absolute Gasteiger partial charge is 0.409 e. The summed E-state index contributed by atoms with van der Waals surface area (Å²) in [6, 6.07) is 0. The molecule has 0 heterocycles. The molecule has 0 aromatic carbocycles. The first kappa shape index (κ1) is 12.0. The summed E-state index contributed by atoms with van der Waals surface area (Å²) in [7, 11) is 4.30. The van der Waals surface area contributed by atoms with Gasteiger partial charge in [0.2, 0.25) is 0 Å². The van der Waals surface area contributed by atoms with E-state index in [4.69, 9.17) is 5.11 Å². The lowest BCUT2D eigenvalue weighted by molar-refractivity contribution is 0.124. The van der Waals surface area contributed by atoms with Crippen molar-refractivity contribution in [1.82, 2.24) is 4.90 Å². The minimum atomic E-state index is -0.285. The molecule has 0 spiro atoms. The quantitative estimate of drug-likeness (QED) is 0.584. The number of carbonyl (C=O) groups excluding carboxylic acids is 1. The first-order valence-corrected chi connectivity index (χ1v) is 2.97. The van der Waals surface area contributed by atoms with Crippen LogP contribution in [-0.4, -0.2) is 43.9 Å². The second-order valence-electron chi connectivity index (χ2n) is 1.59. The first-order valence-electron chi connectivity index (χ1n) is 2.97. The van der Waals surface area contributed by atoms with E-state index in [-0.39, 0.29) is 6.09 Å². The number of aliphatic hydroxyl groups excluding tert-OH is 1. The van der Waals surface area contributed by atoms with Gasteiger partial charge in [0.15, 0.2) is 0 Å². The molecule has 1 amide bonds. The molecule has 0 saturated carbocycles. The van der Waals surface area contributed by atoms with E-state index in [9.17, 15) is 4.79 Å². The molecule has 0 rings (SSSR count). The molecule has 0 aromatic heterocycles. The number of nitrogens with zero attached hydrogens (tertiary/aromatic N) is 1. The monoisotopic (exact) mass is 149 g/mol. The fraction of sp³-hybridized carbons (Fsp3) is 0.833. The van der Waals surface area contributed by atoms with E-state index in [0.29, 0.717) is 6.61 Å². The average molecular weight is 149 g/mol. The molecular formula is C6H15NO3. The van der Waals surface area contributed by atoms with Crippen molar-refractivity contribution in [1.29, 1.82) is 0 Å². The van der Waals surface area contributed by atoms with Gasteiger partial charge >= 0.3 is 6.09 Å². The molecule has 0 bridgehead atoms. The van der Waals surface area contributed by atoms with Crippen molar-refractivity contribution in [2.45, 2.75) is 6.92 Å². The van der Waals surface area contributed by atoms with Gasteiger partial charge < -0.3 is 14.7 Å². The second kappa shape index (κ2) is 8.23. The predicted molar refractivity (Wildman–Crippen MR) is 38.9 cm³/mol. The fourth-order valence-corrected chi connectivity index (χ4v) is 0.253. The minimum absolute atomic E-state index is 0.285. The van der Waals surface area contributed by atoms with Gasteiger partial charge in [-0.3, -0.25) is 0 Å². The van der Waals surface area contributed by atoms with Crippen molar-refractivity contribution in [2.75, 3.05) is 27.8 Å². The third kappa shape index (κ3) is 7.23. The molecule has 4 heteroatoms.